The standard InChI is InChI=1S/C11H9F3N2/c1-5-2-3-6(12)10-9(5)7(15)4-8(16-10)11(13)14/h2-4,11H,1H3,(H2,15,16). The number of nitrogens with two attached hydrogens (primary N) is 1. The summed E-state index contributed by atoms with van der Waals surface area (Å²) in [5.41, 5.74) is 5.85. The van der Waals surface area contributed by atoms with Crippen LogP contribution in [-0.4, -0.2) is 4.98 Å². The number of aryl methyl sites for hydroxylation is 1. The Kier molecular flexibility index (Phi) is 2.46. The first-order valence-corrected chi connectivity index (χ1v) is 4.64. The maximum Gasteiger partial charge on any atom is 0.280 e. The topological polar surface area (TPSA) is 38.9 Å². The number of alkyl halides is 2. The largest absolute Gasteiger partial charge is 0.398 e. The molecule has 0 spiro atoms. The normalized spacial score (nSPS) is 11.3. The SMILES string of the molecule is Cc1ccc(F)c2nc(C(F)F)cc(N)c12. The molecule has 1 aromatic heterocycles. The highest BCUT2D eigenvalue weighted by molar-refractivity contribution is 5.93. The number of aromatic nitrogens is 1. The van der Waals surface area contributed by atoms with Crippen molar-refractivity contribution in [3.05, 3.63) is 35.3 Å². The van der Waals surface area contributed by atoms with Crippen LogP contribution in [0.3, 0.4) is 0 Å². The second-order valence-corrected chi connectivity index (χ2v) is 3.52. The molecule has 0 fully saturated rings. The average molecular weight is 226 g/mol. The Bertz CT molecular complexity index is 552. The van der Waals surface area contributed by atoms with Gasteiger partial charge in [0.15, 0.2) is 0 Å². The van der Waals surface area contributed by atoms with Crippen LogP contribution < -0.4 is 5.73 Å². The van der Waals surface area contributed by atoms with Gasteiger partial charge in [-0.15, -0.1) is 0 Å². The first-order valence-electron chi connectivity index (χ1n) is 4.64. The van der Waals surface area contributed by atoms with Gasteiger partial charge in [-0.3, -0.25) is 0 Å². The van der Waals surface area contributed by atoms with Crippen molar-refractivity contribution in [1.82, 2.24) is 4.98 Å². The predicted molar refractivity (Wildman–Crippen MR) is 55.8 cm³/mol. The van der Waals surface area contributed by atoms with Gasteiger partial charge in [-0.2, -0.15) is 0 Å². The van der Waals surface area contributed by atoms with E-state index in [-0.39, 0.29) is 11.2 Å². The fraction of sp³-hybridized carbons (Fsp3) is 0.182. The molecule has 0 unspecified atom stereocenters. The molecule has 0 aliphatic carbocycles. The number of pyridine rings is 1. The number of fused-ring (bicyclic) bond motifs is 1. The second kappa shape index (κ2) is 3.66. The molecule has 0 saturated heterocycles. The second-order valence-electron chi connectivity index (χ2n) is 3.52. The molecular weight excluding hydrogens is 217 g/mol. The van der Waals surface area contributed by atoms with E-state index in [0.717, 1.165) is 6.07 Å². The van der Waals surface area contributed by atoms with Crippen molar-refractivity contribution in [2.45, 2.75) is 13.3 Å². The summed E-state index contributed by atoms with van der Waals surface area (Å²) in [5, 5.41) is 0.393. The molecule has 0 saturated carbocycles. The molecule has 2 nitrogen and oxygen atoms in total. The molecule has 0 atom stereocenters. The van der Waals surface area contributed by atoms with Crippen molar-refractivity contribution in [1.29, 1.82) is 0 Å². The molecule has 84 valence electrons. The van der Waals surface area contributed by atoms with Gasteiger partial charge in [0.05, 0.1) is 0 Å². The van der Waals surface area contributed by atoms with E-state index >= 15 is 0 Å². The van der Waals surface area contributed by atoms with Crippen LogP contribution in [0.15, 0.2) is 18.2 Å². The third kappa shape index (κ3) is 1.58. The molecule has 1 aromatic carbocycles. The maximum absolute atomic E-state index is 13.4. The zero-order chi connectivity index (χ0) is 11.9. The van der Waals surface area contributed by atoms with E-state index in [9.17, 15) is 13.2 Å². The minimum atomic E-state index is -2.76. The number of nitrogen functional groups attached to an aromatic ring is 1. The van der Waals surface area contributed by atoms with E-state index in [1.165, 1.54) is 12.1 Å². The number of anilines is 1. The smallest absolute Gasteiger partial charge is 0.280 e. The van der Waals surface area contributed by atoms with Crippen molar-refractivity contribution >= 4 is 16.6 Å². The molecule has 1 heterocycles. The molecule has 16 heavy (non-hydrogen) atoms. The van der Waals surface area contributed by atoms with Gasteiger partial charge >= 0.3 is 0 Å². The monoisotopic (exact) mass is 226 g/mol. The van der Waals surface area contributed by atoms with E-state index in [1.54, 1.807) is 6.92 Å². The summed E-state index contributed by atoms with van der Waals surface area (Å²) in [4.78, 5) is 3.59. The van der Waals surface area contributed by atoms with Crippen LogP contribution in [0, 0.1) is 12.7 Å². The third-order valence-electron chi connectivity index (χ3n) is 2.39. The van der Waals surface area contributed by atoms with Crippen LogP contribution in [0.2, 0.25) is 0 Å². The quantitative estimate of drug-likeness (QED) is 0.810. The van der Waals surface area contributed by atoms with Crippen LogP contribution in [0.25, 0.3) is 10.9 Å². The van der Waals surface area contributed by atoms with Gasteiger partial charge in [0, 0.05) is 11.1 Å². The molecular formula is C11H9F3N2. The lowest BCUT2D eigenvalue weighted by Gasteiger charge is -2.08. The molecule has 0 radical (unpaired) electrons. The lowest BCUT2D eigenvalue weighted by Crippen LogP contribution is -1.99. The molecule has 0 aliphatic rings. The average Bonchev–Trinajstić information content (AvgIpc) is 2.22. The van der Waals surface area contributed by atoms with E-state index in [1.807, 2.05) is 0 Å². The minimum Gasteiger partial charge on any atom is -0.398 e. The van der Waals surface area contributed by atoms with Gasteiger partial charge in [0.25, 0.3) is 6.43 Å². The number of hydrogen-bond donors (Lipinski definition) is 1. The minimum absolute atomic E-state index is 0.102. The maximum atomic E-state index is 13.4. The zero-order valence-corrected chi connectivity index (χ0v) is 8.47. The van der Waals surface area contributed by atoms with Crippen LogP contribution in [-0.2, 0) is 0 Å². The number of nitrogens with zero attached hydrogens (tertiary/aromatic N) is 1. The first-order chi connectivity index (χ1) is 7.50. The third-order valence-corrected chi connectivity index (χ3v) is 2.39. The summed E-state index contributed by atoms with van der Waals surface area (Å²) < 4.78 is 38.4. The van der Waals surface area contributed by atoms with E-state index in [4.69, 9.17) is 5.73 Å². The number of halogens is 3. The van der Waals surface area contributed by atoms with Crippen LogP contribution in [0.4, 0.5) is 18.9 Å². The van der Waals surface area contributed by atoms with Crippen molar-refractivity contribution in [2.24, 2.45) is 0 Å². The summed E-state index contributed by atoms with van der Waals surface area (Å²) in [6.07, 6.45) is -2.76. The summed E-state index contributed by atoms with van der Waals surface area (Å²) in [6, 6.07) is 3.82. The van der Waals surface area contributed by atoms with Crippen LogP contribution >= 0.6 is 0 Å². The van der Waals surface area contributed by atoms with Crippen LogP contribution in [0.1, 0.15) is 17.7 Å². The van der Waals surface area contributed by atoms with Crippen molar-refractivity contribution in [3.63, 3.8) is 0 Å². The molecule has 0 amide bonds. The lowest BCUT2D eigenvalue weighted by atomic mass is 10.1. The highest BCUT2D eigenvalue weighted by Crippen LogP contribution is 2.29. The number of rotatable bonds is 1. The Hall–Kier alpha value is -1.78. The Morgan fingerprint density at radius 1 is 1.31 bits per heavy atom. The van der Waals surface area contributed by atoms with Gasteiger partial charge in [0.1, 0.15) is 17.0 Å². The van der Waals surface area contributed by atoms with E-state index in [0.29, 0.717) is 10.9 Å². The summed E-state index contributed by atoms with van der Waals surface area (Å²) in [7, 11) is 0. The molecule has 0 aliphatic heterocycles. The van der Waals surface area contributed by atoms with Gasteiger partial charge in [0.2, 0.25) is 0 Å². The number of benzene rings is 1. The molecule has 2 aromatic rings. The molecule has 2 rings (SSSR count). The van der Waals surface area contributed by atoms with Gasteiger partial charge < -0.3 is 5.73 Å². The summed E-state index contributed by atoms with van der Waals surface area (Å²) >= 11 is 0. The van der Waals surface area contributed by atoms with E-state index < -0.39 is 17.9 Å². The fourth-order valence-corrected chi connectivity index (χ4v) is 1.64. The Labute approximate surface area is 89.9 Å². The Morgan fingerprint density at radius 3 is 2.62 bits per heavy atom. The summed E-state index contributed by atoms with van der Waals surface area (Å²) in [6.45, 7) is 1.72. The van der Waals surface area contributed by atoms with Crippen LogP contribution in [0.5, 0.6) is 0 Å². The molecule has 5 heteroatoms. The van der Waals surface area contributed by atoms with Crippen molar-refractivity contribution < 1.29 is 13.2 Å². The van der Waals surface area contributed by atoms with Gasteiger partial charge in [-0.25, -0.2) is 18.2 Å². The van der Waals surface area contributed by atoms with Gasteiger partial charge in [-0.1, -0.05) is 6.07 Å². The van der Waals surface area contributed by atoms with Gasteiger partial charge in [-0.05, 0) is 24.6 Å². The lowest BCUT2D eigenvalue weighted by molar-refractivity contribution is 0.146. The first kappa shape index (κ1) is 10.7. The Morgan fingerprint density at radius 2 is 2.00 bits per heavy atom. The fourth-order valence-electron chi connectivity index (χ4n) is 1.64. The summed E-state index contributed by atoms with van der Waals surface area (Å²) in [5.74, 6) is -0.644. The molecule has 0 bridgehead atoms. The highest BCUT2D eigenvalue weighted by atomic mass is 19.3. The van der Waals surface area contributed by atoms with Crippen molar-refractivity contribution in [3.8, 4) is 0 Å². The predicted octanol–water partition coefficient (Wildman–Crippen LogP) is 3.20. The highest BCUT2D eigenvalue weighted by Gasteiger charge is 2.15. The zero-order valence-electron chi connectivity index (χ0n) is 8.47. The molecule has 2 N–H and O–H groups in total. The number of hydrogen-bond acceptors (Lipinski definition) is 2. The van der Waals surface area contributed by atoms with E-state index in [2.05, 4.69) is 4.98 Å². The van der Waals surface area contributed by atoms with Crippen molar-refractivity contribution in [2.75, 3.05) is 5.73 Å². The Balaban J connectivity index is 2.86.